The quantitative estimate of drug-likeness (QED) is 0.408. The van der Waals surface area contributed by atoms with E-state index in [0.29, 0.717) is 27.9 Å². The van der Waals surface area contributed by atoms with Crippen LogP contribution in [-0.2, 0) is 14.6 Å². The first kappa shape index (κ1) is 21.0. The van der Waals surface area contributed by atoms with Crippen molar-refractivity contribution in [1.29, 1.82) is 0 Å². The van der Waals surface area contributed by atoms with Crippen LogP contribution in [0.25, 0.3) is 22.4 Å². The molecule has 4 aromatic rings. The van der Waals surface area contributed by atoms with Crippen LogP contribution in [-0.4, -0.2) is 32.2 Å². The molecule has 0 bridgehead atoms. The van der Waals surface area contributed by atoms with Crippen LogP contribution < -0.4 is 10.1 Å². The summed E-state index contributed by atoms with van der Waals surface area (Å²) in [5.74, 6) is -0.157. The fourth-order valence-electron chi connectivity index (χ4n) is 2.89. The predicted molar refractivity (Wildman–Crippen MR) is 116 cm³/mol. The number of ether oxygens (including phenoxy) is 1. The van der Waals surface area contributed by atoms with E-state index in [2.05, 4.69) is 10.3 Å². The fourth-order valence-corrected chi connectivity index (χ4v) is 4.84. The second-order valence-electron chi connectivity index (χ2n) is 6.62. The van der Waals surface area contributed by atoms with Gasteiger partial charge in [-0.1, -0.05) is 0 Å². The van der Waals surface area contributed by atoms with E-state index in [1.165, 1.54) is 23.5 Å². The highest BCUT2D eigenvalue weighted by molar-refractivity contribution is 7.91. The lowest BCUT2D eigenvalue weighted by molar-refractivity contribution is -0.115. The second kappa shape index (κ2) is 8.48. The number of amides is 1. The van der Waals surface area contributed by atoms with E-state index >= 15 is 0 Å². The molecule has 0 aliphatic rings. The molecule has 2 heterocycles. The summed E-state index contributed by atoms with van der Waals surface area (Å²) in [5.41, 5.74) is 1.23. The molecule has 0 atom stereocenters. The average molecular weight is 461 g/mol. The first-order chi connectivity index (χ1) is 14.8. The lowest BCUT2D eigenvalue weighted by Gasteiger charge is -2.04. The van der Waals surface area contributed by atoms with Gasteiger partial charge in [0, 0.05) is 17.2 Å². The lowest BCUT2D eigenvalue weighted by Crippen LogP contribution is -2.17. The van der Waals surface area contributed by atoms with Gasteiger partial charge in [-0.2, -0.15) is 0 Å². The molecule has 0 saturated heterocycles. The van der Waals surface area contributed by atoms with Crippen LogP contribution in [0, 0.1) is 5.82 Å². The molecule has 0 fully saturated rings. The van der Waals surface area contributed by atoms with E-state index in [9.17, 15) is 17.6 Å². The zero-order valence-electron chi connectivity index (χ0n) is 16.3. The Labute approximate surface area is 181 Å². The van der Waals surface area contributed by atoms with Crippen LogP contribution in [0.5, 0.6) is 5.75 Å². The number of carbonyl (C=O) groups is 1. The summed E-state index contributed by atoms with van der Waals surface area (Å²) in [6.07, 6.45) is -0.251. The van der Waals surface area contributed by atoms with E-state index in [4.69, 9.17) is 9.15 Å². The molecule has 7 nitrogen and oxygen atoms in total. The van der Waals surface area contributed by atoms with Crippen molar-refractivity contribution in [2.24, 2.45) is 0 Å². The SMILES string of the molecule is COc1ccc2oc(-c3csc(NC(=O)CCS(=O)(=O)c4ccc(F)cc4)n3)cc2c1. The van der Waals surface area contributed by atoms with E-state index < -0.39 is 27.3 Å². The molecule has 1 N–H and O–H groups in total. The Kier molecular flexibility index (Phi) is 5.75. The normalized spacial score (nSPS) is 11.5. The Morgan fingerprint density at radius 2 is 1.97 bits per heavy atom. The van der Waals surface area contributed by atoms with Gasteiger partial charge in [-0.25, -0.2) is 17.8 Å². The number of rotatable bonds is 7. The maximum atomic E-state index is 13.0. The van der Waals surface area contributed by atoms with Crippen molar-refractivity contribution in [3.8, 4) is 17.2 Å². The summed E-state index contributed by atoms with van der Waals surface area (Å²) in [5, 5.41) is 5.53. The minimum Gasteiger partial charge on any atom is -0.497 e. The van der Waals surface area contributed by atoms with Gasteiger partial charge in [0.2, 0.25) is 5.91 Å². The Bertz CT molecular complexity index is 1340. The Morgan fingerprint density at radius 3 is 2.71 bits per heavy atom. The number of nitrogens with zero attached hydrogens (tertiary/aromatic N) is 1. The lowest BCUT2D eigenvalue weighted by atomic mass is 10.2. The smallest absolute Gasteiger partial charge is 0.227 e. The number of hydrogen-bond acceptors (Lipinski definition) is 7. The van der Waals surface area contributed by atoms with Gasteiger partial charge in [-0.05, 0) is 48.5 Å². The molecule has 0 aliphatic heterocycles. The number of hydrogen-bond donors (Lipinski definition) is 1. The zero-order chi connectivity index (χ0) is 22.0. The van der Waals surface area contributed by atoms with Crippen molar-refractivity contribution in [3.63, 3.8) is 0 Å². The van der Waals surface area contributed by atoms with Crippen molar-refractivity contribution < 1.29 is 26.8 Å². The van der Waals surface area contributed by atoms with Crippen molar-refractivity contribution in [3.05, 3.63) is 59.7 Å². The summed E-state index contributed by atoms with van der Waals surface area (Å²) in [4.78, 5) is 16.5. The van der Waals surface area contributed by atoms with Crippen LogP contribution in [0.1, 0.15) is 6.42 Å². The Hall–Kier alpha value is -3.24. The van der Waals surface area contributed by atoms with E-state index in [0.717, 1.165) is 17.5 Å². The first-order valence-electron chi connectivity index (χ1n) is 9.16. The predicted octanol–water partition coefficient (Wildman–Crippen LogP) is 4.51. The number of thiazole rings is 1. The molecule has 0 spiro atoms. The second-order valence-corrected chi connectivity index (χ2v) is 9.59. The van der Waals surface area contributed by atoms with Crippen LogP contribution >= 0.6 is 11.3 Å². The molecule has 4 rings (SSSR count). The summed E-state index contributed by atoms with van der Waals surface area (Å²) in [7, 11) is -2.11. The fraction of sp³-hybridized carbons (Fsp3) is 0.143. The number of furan rings is 1. The van der Waals surface area contributed by atoms with Crippen molar-refractivity contribution in [1.82, 2.24) is 4.98 Å². The molecule has 2 aromatic heterocycles. The molecular formula is C21H17FN2O5S2. The van der Waals surface area contributed by atoms with Crippen molar-refractivity contribution in [2.75, 3.05) is 18.2 Å². The van der Waals surface area contributed by atoms with Gasteiger partial charge in [-0.15, -0.1) is 11.3 Å². The minimum absolute atomic E-state index is 0.0280. The number of nitrogens with one attached hydrogen (secondary N) is 1. The number of carbonyl (C=O) groups excluding carboxylic acids is 1. The number of aromatic nitrogens is 1. The molecular weight excluding hydrogens is 443 g/mol. The number of halogens is 1. The molecule has 2 aromatic carbocycles. The summed E-state index contributed by atoms with van der Waals surface area (Å²) in [6, 6.07) is 11.8. The number of benzene rings is 2. The van der Waals surface area contributed by atoms with Gasteiger partial charge in [-0.3, -0.25) is 4.79 Å². The molecule has 0 radical (unpaired) electrons. The monoisotopic (exact) mass is 460 g/mol. The third kappa shape index (κ3) is 4.75. The Balaban J connectivity index is 1.40. The summed E-state index contributed by atoms with van der Waals surface area (Å²) in [6.45, 7) is 0. The van der Waals surface area contributed by atoms with Crippen molar-refractivity contribution in [2.45, 2.75) is 11.3 Å². The van der Waals surface area contributed by atoms with Crippen LogP contribution in [0.3, 0.4) is 0 Å². The number of methoxy groups -OCH3 is 1. The Morgan fingerprint density at radius 1 is 1.19 bits per heavy atom. The average Bonchev–Trinajstić information content (AvgIpc) is 3.38. The van der Waals surface area contributed by atoms with Crippen molar-refractivity contribution >= 4 is 43.2 Å². The van der Waals surface area contributed by atoms with Gasteiger partial charge in [0.15, 0.2) is 20.7 Å². The molecule has 160 valence electrons. The molecule has 0 saturated carbocycles. The molecule has 31 heavy (non-hydrogen) atoms. The molecule has 1 amide bonds. The van der Waals surface area contributed by atoms with E-state index in [1.54, 1.807) is 24.6 Å². The standard InChI is InChI=1S/C21H17FN2O5S2/c1-28-15-4-7-18-13(10-15)11-19(29-18)17-12-30-21(23-17)24-20(25)8-9-31(26,27)16-5-2-14(22)3-6-16/h2-7,10-12H,8-9H2,1H3,(H,23,24,25). The first-order valence-corrected chi connectivity index (χ1v) is 11.7. The zero-order valence-corrected chi connectivity index (χ0v) is 17.9. The van der Waals surface area contributed by atoms with Crippen LogP contribution in [0.15, 0.2) is 63.2 Å². The van der Waals surface area contributed by atoms with Gasteiger partial charge >= 0.3 is 0 Å². The minimum atomic E-state index is -3.69. The van der Waals surface area contributed by atoms with Gasteiger partial charge in [0.1, 0.15) is 22.8 Å². The summed E-state index contributed by atoms with van der Waals surface area (Å²) < 4.78 is 48.5. The third-order valence-corrected chi connectivity index (χ3v) is 6.99. The number of sulfone groups is 1. The van der Waals surface area contributed by atoms with E-state index in [-0.39, 0.29) is 11.3 Å². The van der Waals surface area contributed by atoms with Gasteiger partial charge in [0.05, 0.1) is 17.8 Å². The maximum Gasteiger partial charge on any atom is 0.227 e. The number of fused-ring (bicyclic) bond motifs is 1. The third-order valence-electron chi connectivity index (χ3n) is 4.50. The largest absolute Gasteiger partial charge is 0.497 e. The van der Waals surface area contributed by atoms with E-state index in [1.807, 2.05) is 12.1 Å². The van der Waals surface area contributed by atoms with Gasteiger partial charge in [0.25, 0.3) is 0 Å². The number of anilines is 1. The highest BCUT2D eigenvalue weighted by atomic mass is 32.2. The van der Waals surface area contributed by atoms with Crippen LogP contribution in [0.4, 0.5) is 9.52 Å². The maximum absolute atomic E-state index is 13.0. The molecule has 0 unspecified atom stereocenters. The topological polar surface area (TPSA) is 98.5 Å². The van der Waals surface area contributed by atoms with Crippen LogP contribution in [0.2, 0.25) is 0 Å². The highest BCUT2D eigenvalue weighted by Gasteiger charge is 2.18. The highest BCUT2D eigenvalue weighted by Crippen LogP contribution is 2.32. The molecule has 10 heteroatoms. The molecule has 0 aliphatic carbocycles. The summed E-state index contributed by atoms with van der Waals surface area (Å²) >= 11 is 1.20. The van der Waals surface area contributed by atoms with Gasteiger partial charge < -0.3 is 14.5 Å².